The molecule has 0 aliphatic heterocycles. The van der Waals surface area contributed by atoms with Gasteiger partial charge in [-0.05, 0) is 12.8 Å². The van der Waals surface area contributed by atoms with E-state index in [9.17, 15) is 15.0 Å². The second-order valence-electron chi connectivity index (χ2n) is 4.45. The lowest BCUT2D eigenvalue weighted by atomic mass is 10.0. The van der Waals surface area contributed by atoms with E-state index >= 15 is 0 Å². The average Bonchev–Trinajstić information content (AvgIpc) is 2.38. The van der Waals surface area contributed by atoms with Gasteiger partial charge in [-0.15, -0.1) is 0 Å². The topological polar surface area (TPSA) is 70.7 Å². The van der Waals surface area contributed by atoms with Crippen molar-refractivity contribution in [3.8, 4) is 11.5 Å². The molecule has 0 unspecified atom stereocenters. The first kappa shape index (κ1) is 11.6. The standard InChI is InChI=1S/C15H12O4/c16-10-6-11(17)15-12(18)8-13(19-14(15)7-10)9-4-2-1-3-5-9/h2,4-8,16-17H,1,3H2. The van der Waals surface area contributed by atoms with Gasteiger partial charge in [-0.2, -0.15) is 0 Å². The molecule has 0 atom stereocenters. The van der Waals surface area contributed by atoms with E-state index in [-0.39, 0.29) is 27.9 Å². The van der Waals surface area contributed by atoms with Crippen molar-refractivity contribution >= 4 is 16.5 Å². The quantitative estimate of drug-likeness (QED) is 0.823. The molecule has 1 aliphatic rings. The van der Waals surface area contributed by atoms with Gasteiger partial charge in [-0.25, -0.2) is 0 Å². The molecule has 1 aliphatic carbocycles. The van der Waals surface area contributed by atoms with Crippen molar-refractivity contribution < 1.29 is 14.6 Å². The number of rotatable bonds is 1. The molecule has 4 nitrogen and oxygen atoms in total. The molecule has 0 fully saturated rings. The second-order valence-corrected chi connectivity index (χ2v) is 4.45. The van der Waals surface area contributed by atoms with Crippen molar-refractivity contribution in [1.29, 1.82) is 0 Å². The molecule has 3 rings (SSSR count). The number of fused-ring (bicyclic) bond motifs is 1. The van der Waals surface area contributed by atoms with E-state index in [2.05, 4.69) is 0 Å². The fourth-order valence-electron chi connectivity index (χ4n) is 2.19. The van der Waals surface area contributed by atoms with Crippen LogP contribution in [0.4, 0.5) is 0 Å². The minimum Gasteiger partial charge on any atom is -0.508 e. The first-order valence-electron chi connectivity index (χ1n) is 6.02. The summed E-state index contributed by atoms with van der Waals surface area (Å²) in [5, 5.41) is 19.2. The van der Waals surface area contributed by atoms with Gasteiger partial charge in [-0.3, -0.25) is 4.79 Å². The Bertz CT molecular complexity index is 766. The van der Waals surface area contributed by atoms with E-state index in [4.69, 9.17) is 4.42 Å². The number of benzene rings is 1. The zero-order chi connectivity index (χ0) is 13.4. The molecular formula is C15H12O4. The van der Waals surface area contributed by atoms with Gasteiger partial charge in [0.15, 0.2) is 5.43 Å². The van der Waals surface area contributed by atoms with Gasteiger partial charge in [0.1, 0.15) is 28.2 Å². The fourth-order valence-corrected chi connectivity index (χ4v) is 2.19. The average molecular weight is 256 g/mol. The first-order valence-corrected chi connectivity index (χ1v) is 6.02. The maximum Gasteiger partial charge on any atom is 0.197 e. The Hall–Kier alpha value is -2.49. The minimum atomic E-state index is -0.325. The molecule has 19 heavy (non-hydrogen) atoms. The number of allylic oxidation sites excluding steroid dienone is 4. The summed E-state index contributed by atoms with van der Waals surface area (Å²) in [6.07, 6.45) is 7.78. The molecule has 4 heteroatoms. The molecule has 0 bridgehead atoms. The van der Waals surface area contributed by atoms with Crippen molar-refractivity contribution in [3.05, 3.63) is 52.4 Å². The van der Waals surface area contributed by atoms with Gasteiger partial charge in [0.25, 0.3) is 0 Å². The third-order valence-corrected chi connectivity index (χ3v) is 3.07. The van der Waals surface area contributed by atoms with Gasteiger partial charge in [-0.1, -0.05) is 18.2 Å². The third kappa shape index (κ3) is 2.01. The number of phenolic OH excluding ortho intramolecular Hbond substituents is 2. The van der Waals surface area contributed by atoms with E-state index in [1.807, 2.05) is 18.2 Å². The van der Waals surface area contributed by atoms with Crippen LogP contribution in [0.2, 0.25) is 0 Å². The molecule has 96 valence electrons. The Morgan fingerprint density at radius 1 is 1.11 bits per heavy atom. The second kappa shape index (κ2) is 4.31. The van der Waals surface area contributed by atoms with Gasteiger partial charge < -0.3 is 14.6 Å². The van der Waals surface area contributed by atoms with E-state index < -0.39 is 0 Å². The summed E-state index contributed by atoms with van der Waals surface area (Å²) in [7, 11) is 0. The van der Waals surface area contributed by atoms with Gasteiger partial charge in [0.2, 0.25) is 0 Å². The summed E-state index contributed by atoms with van der Waals surface area (Å²) in [4.78, 5) is 12.0. The molecule has 0 saturated heterocycles. The van der Waals surface area contributed by atoms with Crippen molar-refractivity contribution in [2.45, 2.75) is 12.8 Å². The summed E-state index contributed by atoms with van der Waals surface area (Å²) in [6.45, 7) is 0. The van der Waals surface area contributed by atoms with E-state index in [0.717, 1.165) is 24.5 Å². The smallest absolute Gasteiger partial charge is 0.197 e. The highest BCUT2D eigenvalue weighted by Gasteiger charge is 2.12. The Balaban J connectivity index is 2.27. The maximum absolute atomic E-state index is 12.0. The molecule has 2 N–H and O–H groups in total. The number of aromatic hydroxyl groups is 2. The van der Waals surface area contributed by atoms with Crippen LogP contribution in [0.15, 0.2) is 45.6 Å². The molecule has 0 spiro atoms. The molecule has 0 saturated carbocycles. The van der Waals surface area contributed by atoms with Crippen LogP contribution in [0.1, 0.15) is 18.6 Å². The molecule has 1 heterocycles. The molecular weight excluding hydrogens is 244 g/mol. The van der Waals surface area contributed by atoms with Crippen LogP contribution in [0.3, 0.4) is 0 Å². The minimum absolute atomic E-state index is 0.0851. The van der Waals surface area contributed by atoms with Crippen molar-refractivity contribution in [3.63, 3.8) is 0 Å². The SMILES string of the molecule is O=c1cc(C2=CCCC=C2)oc2cc(O)cc(O)c12. The Labute approximate surface area is 108 Å². The summed E-state index contributed by atoms with van der Waals surface area (Å²) in [6, 6.07) is 3.81. The zero-order valence-electron chi connectivity index (χ0n) is 10.1. The highest BCUT2D eigenvalue weighted by atomic mass is 16.3. The Morgan fingerprint density at radius 2 is 1.95 bits per heavy atom. The third-order valence-electron chi connectivity index (χ3n) is 3.07. The lowest BCUT2D eigenvalue weighted by Crippen LogP contribution is -2.02. The lowest BCUT2D eigenvalue weighted by Gasteiger charge is -2.08. The van der Waals surface area contributed by atoms with Crippen LogP contribution in [-0.2, 0) is 0 Å². The van der Waals surface area contributed by atoms with Crippen molar-refractivity contribution in [2.24, 2.45) is 0 Å². The number of hydrogen-bond donors (Lipinski definition) is 2. The lowest BCUT2D eigenvalue weighted by molar-refractivity contribution is 0.451. The van der Waals surface area contributed by atoms with Crippen LogP contribution in [0.25, 0.3) is 16.5 Å². The zero-order valence-corrected chi connectivity index (χ0v) is 10.1. The molecule has 0 radical (unpaired) electrons. The highest BCUT2D eigenvalue weighted by Crippen LogP contribution is 2.30. The predicted octanol–water partition coefficient (Wildman–Crippen LogP) is 2.94. The summed E-state index contributed by atoms with van der Waals surface area (Å²) in [5.74, 6) is 0.0281. The summed E-state index contributed by atoms with van der Waals surface area (Å²) in [5.41, 5.74) is 0.696. The van der Waals surface area contributed by atoms with Crippen LogP contribution in [0.5, 0.6) is 11.5 Å². The normalized spacial score (nSPS) is 14.6. The van der Waals surface area contributed by atoms with E-state index in [1.165, 1.54) is 12.1 Å². The Morgan fingerprint density at radius 3 is 2.68 bits per heavy atom. The molecule has 1 aromatic heterocycles. The summed E-state index contributed by atoms with van der Waals surface area (Å²) < 4.78 is 5.60. The summed E-state index contributed by atoms with van der Waals surface area (Å²) >= 11 is 0. The van der Waals surface area contributed by atoms with Gasteiger partial charge in [0.05, 0.1) is 0 Å². The predicted molar refractivity (Wildman–Crippen MR) is 72.2 cm³/mol. The number of phenols is 2. The fraction of sp³-hybridized carbons (Fsp3) is 0.133. The van der Waals surface area contributed by atoms with Crippen molar-refractivity contribution in [1.82, 2.24) is 0 Å². The Kier molecular flexibility index (Phi) is 2.63. The maximum atomic E-state index is 12.0. The van der Waals surface area contributed by atoms with Crippen LogP contribution in [-0.4, -0.2) is 10.2 Å². The van der Waals surface area contributed by atoms with Crippen LogP contribution in [0, 0.1) is 0 Å². The molecule has 0 amide bonds. The molecule has 2 aromatic rings. The van der Waals surface area contributed by atoms with E-state index in [1.54, 1.807) is 0 Å². The monoisotopic (exact) mass is 256 g/mol. The van der Waals surface area contributed by atoms with E-state index in [0.29, 0.717) is 5.76 Å². The largest absolute Gasteiger partial charge is 0.508 e. The van der Waals surface area contributed by atoms with Gasteiger partial charge in [0, 0.05) is 23.8 Å². The van der Waals surface area contributed by atoms with Crippen LogP contribution < -0.4 is 5.43 Å². The molecule has 1 aromatic carbocycles. The van der Waals surface area contributed by atoms with Crippen LogP contribution >= 0.6 is 0 Å². The highest BCUT2D eigenvalue weighted by molar-refractivity contribution is 5.86. The number of hydrogen-bond acceptors (Lipinski definition) is 4. The first-order chi connectivity index (χ1) is 9.15. The van der Waals surface area contributed by atoms with Gasteiger partial charge >= 0.3 is 0 Å². The van der Waals surface area contributed by atoms with Crippen molar-refractivity contribution in [2.75, 3.05) is 0 Å².